The van der Waals surface area contributed by atoms with E-state index in [9.17, 15) is 24.0 Å². The number of nitrogens with zero attached hydrogens (tertiary/aromatic N) is 1. The standard InChI is InChI=1S/C25H35N5O7/c26-36-16-23(33)28-13-6-4-2-1-3-5-12-27-22(32)14-17-8-7-9-18-19(17)15-37-30(25(18)35)20-10-11-21(31)29-24(20)34/h7-9,20H,1-6,10-16,26H2,(H,27,32)(H,28,33)(H,29,31,34). The molecular weight excluding hydrogens is 482 g/mol. The van der Waals surface area contributed by atoms with Crippen molar-refractivity contribution < 1.29 is 33.6 Å². The third-order valence-corrected chi connectivity index (χ3v) is 6.36. The lowest BCUT2D eigenvalue weighted by molar-refractivity contribution is -0.179. The Kier molecular flexibility index (Phi) is 11.0. The molecular formula is C25H35N5O7. The second-order valence-electron chi connectivity index (χ2n) is 9.12. The van der Waals surface area contributed by atoms with Gasteiger partial charge in [-0.2, -0.15) is 0 Å². The average Bonchev–Trinajstić information content (AvgIpc) is 2.86. The van der Waals surface area contributed by atoms with Crippen LogP contribution in [0.5, 0.6) is 0 Å². The van der Waals surface area contributed by atoms with E-state index in [2.05, 4.69) is 20.8 Å². The normalized spacial score (nSPS) is 17.3. The monoisotopic (exact) mass is 517 g/mol. The van der Waals surface area contributed by atoms with Crippen LogP contribution in [0.1, 0.15) is 72.9 Å². The van der Waals surface area contributed by atoms with Crippen molar-refractivity contribution in [3.63, 3.8) is 0 Å². The number of amides is 5. The molecule has 0 aromatic heterocycles. The van der Waals surface area contributed by atoms with Crippen LogP contribution in [0.25, 0.3) is 0 Å². The first-order valence-corrected chi connectivity index (χ1v) is 12.7. The van der Waals surface area contributed by atoms with Crippen molar-refractivity contribution in [2.75, 3.05) is 19.7 Å². The van der Waals surface area contributed by atoms with Crippen molar-refractivity contribution in [2.24, 2.45) is 5.90 Å². The summed E-state index contributed by atoms with van der Waals surface area (Å²) in [6, 6.07) is 4.30. The van der Waals surface area contributed by atoms with E-state index < -0.39 is 17.9 Å². The molecule has 0 radical (unpaired) electrons. The Hall–Kier alpha value is -3.35. The highest BCUT2D eigenvalue weighted by Gasteiger charge is 2.39. The van der Waals surface area contributed by atoms with Gasteiger partial charge in [-0.05, 0) is 36.5 Å². The quantitative estimate of drug-likeness (QED) is 0.156. The summed E-state index contributed by atoms with van der Waals surface area (Å²) in [5.41, 5.74) is 1.74. The van der Waals surface area contributed by atoms with Gasteiger partial charge in [0.1, 0.15) is 19.3 Å². The van der Waals surface area contributed by atoms with E-state index >= 15 is 0 Å². The SMILES string of the molecule is NOCC(=O)NCCCCCCCCNC(=O)Cc1cccc2c1CON(C1CCC(=O)NC1=O)C2=O. The van der Waals surface area contributed by atoms with Gasteiger partial charge in [0, 0.05) is 25.1 Å². The smallest absolute Gasteiger partial charge is 0.278 e. The Morgan fingerprint density at radius 2 is 1.70 bits per heavy atom. The van der Waals surface area contributed by atoms with Crippen LogP contribution in [-0.2, 0) is 41.9 Å². The fourth-order valence-electron chi connectivity index (χ4n) is 4.39. The first kappa shape index (κ1) is 28.2. The average molecular weight is 518 g/mol. The summed E-state index contributed by atoms with van der Waals surface area (Å²) >= 11 is 0. The van der Waals surface area contributed by atoms with Crippen molar-refractivity contribution in [1.82, 2.24) is 21.0 Å². The van der Waals surface area contributed by atoms with Crippen molar-refractivity contribution in [3.8, 4) is 0 Å². The molecule has 0 aliphatic carbocycles. The van der Waals surface area contributed by atoms with Gasteiger partial charge in [0.05, 0.1) is 6.42 Å². The van der Waals surface area contributed by atoms with Crippen LogP contribution in [0.4, 0.5) is 0 Å². The molecule has 5 amide bonds. The molecule has 1 aromatic carbocycles. The number of nitrogens with two attached hydrogens (primary N) is 1. The Labute approximate surface area is 215 Å². The summed E-state index contributed by atoms with van der Waals surface area (Å²) in [6.45, 7) is 1.11. The van der Waals surface area contributed by atoms with Crippen LogP contribution in [0.2, 0.25) is 0 Å². The van der Waals surface area contributed by atoms with Crippen LogP contribution < -0.4 is 21.8 Å². The summed E-state index contributed by atoms with van der Waals surface area (Å²) in [5, 5.41) is 8.92. The summed E-state index contributed by atoms with van der Waals surface area (Å²) in [7, 11) is 0. The minimum atomic E-state index is -0.859. The van der Waals surface area contributed by atoms with Crippen LogP contribution in [0.15, 0.2) is 18.2 Å². The topological polar surface area (TPSA) is 169 Å². The zero-order valence-corrected chi connectivity index (χ0v) is 20.9. The number of carbonyl (C=O) groups is 5. The number of piperidine rings is 1. The highest BCUT2D eigenvalue weighted by Crippen LogP contribution is 2.27. The fraction of sp³-hybridized carbons (Fsp3) is 0.560. The number of imide groups is 1. The maximum absolute atomic E-state index is 13.0. The van der Waals surface area contributed by atoms with Crippen LogP contribution in [-0.4, -0.2) is 60.3 Å². The molecule has 0 bridgehead atoms. The number of hydrogen-bond acceptors (Lipinski definition) is 8. The second kappa shape index (κ2) is 14.4. The van der Waals surface area contributed by atoms with E-state index in [-0.39, 0.29) is 50.2 Å². The van der Waals surface area contributed by atoms with Crippen LogP contribution in [0, 0.1) is 0 Å². The first-order valence-electron chi connectivity index (χ1n) is 12.7. The highest BCUT2D eigenvalue weighted by atomic mass is 16.7. The van der Waals surface area contributed by atoms with Gasteiger partial charge in [-0.15, -0.1) is 0 Å². The zero-order chi connectivity index (χ0) is 26.6. The maximum atomic E-state index is 13.0. The molecule has 2 heterocycles. The molecule has 3 rings (SSSR count). The van der Waals surface area contributed by atoms with Crippen molar-refractivity contribution in [1.29, 1.82) is 0 Å². The van der Waals surface area contributed by atoms with Gasteiger partial charge in [0.2, 0.25) is 17.7 Å². The summed E-state index contributed by atoms with van der Waals surface area (Å²) in [4.78, 5) is 70.1. The van der Waals surface area contributed by atoms with Gasteiger partial charge in [0.15, 0.2) is 0 Å². The van der Waals surface area contributed by atoms with E-state index in [1.807, 2.05) is 0 Å². The molecule has 2 aliphatic heterocycles. The van der Waals surface area contributed by atoms with Gasteiger partial charge in [-0.1, -0.05) is 37.8 Å². The highest BCUT2D eigenvalue weighted by molar-refractivity contribution is 6.04. The Morgan fingerprint density at radius 3 is 2.38 bits per heavy atom. The molecule has 5 N–H and O–H groups in total. The lowest BCUT2D eigenvalue weighted by Crippen LogP contribution is -2.55. The first-order chi connectivity index (χ1) is 17.9. The van der Waals surface area contributed by atoms with Gasteiger partial charge < -0.3 is 10.6 Å². The van der Waals surface area contributed by atoms with Crippen LogP contribution in [0.3, 0.4) is 0 Å². The van der Waals surface area contributed by atoms with Gasteiger partial charge >= 0.3 is 0 Å². The lowest BCUT2D eigenvalue weighted by Gasteiger charge is -2.35. The molecule has 1 saturated heterocycles. The number of hydrogen-bond donors (Lipinski definition) is 4. The third kappa shape index (κ3) is 8.34. The summed E-state index contributed by atoms with van der Waals surface area (Å²) in [6.07, 6.45) is 6.34. The van der Waals surface area contributed by atoms with E-state index in [0.717, 1.165) is 43.6 Å². The number of nitrogens with one attached hydrogen (secondary N) is 3. The molecule has 0 spiro atoms. The van der Waals surface area contributed by atoms with Crippen LogP contribution >= 0.6 is 0 Å². The largest absolute Gasteiger partial charge is 0.356 e. The molecule has 1 fully saturated rings. The predicted molar refractivity (Wildman–Crippen MR) is 131 cm³/mol. The van der Waals surface area contributed by atoms with E-state index in [1.165, 1.54) is 0 Å². The number of unbranched alkanes of at least 4 members (excludes halogenated alkanes) is 5. The van der Waals surface area contributed by atoms with Gasteiger partial charge in [-0.3, -0.25) is 39.0 Å². The van der Waals surface area contributed by atoms with Crippen molar-refractivity contribution >= 4 is 29.5 Å². The molecule has 0 saturated carbocycles. The molecule has 1 unspecified atom stereocenters. The van der Waals surface area contributed by atoms with Gasteiger partial charge in [-0.25, -0.2) is 11.0 Å². The van der Waals surface area contributed by atoms with Crippen molar-refractivity contribution in [2.45, 2.75) is 70.4 Å². The minimum Gasteiger partial charge on any atom is -0.356 e. The number of rotatable bonds is 14. The van der Waals surface area contributed by atoms with E-state index in [1.54, 1.807) is 18.2 Å². The lowest BCUT2D eigenvalue weighted by atomic mass is 9.96. The zero-order valence-electron chi connectivity index (χ0n) is 20.9. The minimum absolute atomic E-state index is 0.0622. The van der Waals surface area contributed by atoms with E-state index in [0.29, 0.717) is 29.8 Å². The Balaban J connectivity index is 1.36. The Bertz CT molecular complexity index is 1000. The molecule has 12 nitrogen and oxygen atoms in total. The molecule has 202 valence electrons. The third-order valence-electron chi connectivity index (χ3n) is 6.36. The number of benzene rings is 1. The maximum Gasteiger partial charge on any atom is 0.278 e. The molecule has 1 aromatic rings. The summed E-state index contributed by atoms with van der Waals surface area (Å²) in [5.74, 6) is 3.12. The fourth-order valence-corrected chi connectivity index (χ4v) is 4.39. The molecule has 2 aliphatic rings. The number of carbonyl (C=O) groups excluding carboxylic acids is 5. The second-order valence-corrected chi connectivity index (χ2v) is 9.12. The Morgan fingerprint density at radius 1 is 1.03 bits per heavy atom. The predicted octanol–water partition coefficient (Wildman–Crippen LogP) is 0.385. The molecule has 37 heavy (non-hydrogen) atoms. The number of fused-ring (bicyclic) bond motifs is 1. The molecule has 1 atom stereocenters. The van der Waals surface area contributed by atoms with E-state index in [4.69, 9.17) is 10.7 Å². The molecule has 12 heteroatoms. The van der Waals surface area contributed by atoms with Crippen molar-refractivity contribution in [3.05, 3.63) is 34.9 Å². The summed E-state index contributed by atoms with van der Waals surface area (Å²) < 4.78 is 0. The van der Waals surface area contributed by atoms with Gasteiger partial charge in [0.25, 0.3) is 11.8 Å². The number of hydroxylamine groups is 2.